The number of hydrogen-bond acceptors (Lipinski definition) is 10. The number of aliphatic imine (C=N–C) groups is 2. The molecule has 0 saturated heterocycles. The van der Waals surface area contributed by atoms with E-state index in [0.717, 1.165) is 11.1 Å². The van der Waals surface area contributed by atoms with Gasteiger partial charge in [0, 0.05) is 34.3 Å². The number of halogens is 2. The van der Waals surface area contributed by atoms with Gasteiger partial charge in [-0.1, -0.05) is 59.6 Å². The second kappa shape index (κ2) is 11.5. The smallest absolute Gasteiger partial charge is 0.244 e. The molecule has 6 rings (SSSR count). The van der Waals surface area contributed by atoms with Gasteiger partial charge in [-0.15, -0.1) is 0 Å². The van der Waals surface area contributed by atoms with Gasteiger partial charge in [0.1, 0.15) is 0 Å². The summed E-state index contributed by atoms with van der Waals surface area (Å²) in [6.07, 6.45) is 3.34. The first-order valence-electron chi connectivity index (χ1n) is 13.4. The van der Waals surface area contributed by atoms with Crippen LogP contribution in [0.25, 0.3) is 33.6 Å². The van der Waals surface area contributed by atoms with Crippen molar-refractivity contribution >= 4 is 34.9 Å². The lowest BCUT2D eigenvalue weighted by Gasteiger charge is -2.15. The third-order valence-corrected chi connectivity index (χ3v) is 7.78. The summed E-state index contributed by atoms with van der Waals surface area (Å²) < 4.78 is 11.1. The summed E-state index contributed by atoms with van der Waals surface area (Å²) in [5.41, 5.74) is 5.08. The molecule has 0 bridgehead atoms. The minimum Gasteiger partial charge on any atom is -0.479 e. The van der Waals surface area contributed by atoms with E-state index in [-0.39, 0.29) is 12.1 Å². The van der Waals surface area contributed by atoms with Crippen molar-refractivity contribution in [1.82, 2.24) is 30.6 Å². The van der Waals surface area contributed by atoms with Crippen LogP contribution in [0, 0.1) is 0 Å². The molecule has 214 valence electrons. The highest BCUT2D eigenvalue weighted by molar-refractivity contribution is 6.39. The maximum absolute atomic E-state index is 7.01. The number of hydrogen-bond donors (Lipinski definition) is 2. The summed E-state index contributed by atoms with van der Waals surface area (Å²) in [7, 11) is 3.12. The molecule has 4 heterocycles. The van der Waals surface area contributed by atoms with Gasteiger partial charge in [0.05, 0.1) is 61.1 Å². The Morgan fingerprint density at radius 2 is 1.07 bits per heavy atom. The van der Waals surface area contributed by atoms with Crippen LogP contribution < -0.4 is 20.1 Å². The summed E-state index contributed by atoms with van der Waals surface area (Å²) in [6, 6.07) is 11.9. The Morgan fingerprint density at radius 1 is 0.667 bits per heavy atom. The normalized spacial score (nSPS) is 17.8. The lowest BCUT2D eigenvalue weighted by atomic mass is 9.98. The van der Waals surface area contributed by atoms with Gasteiger partial charge >= 0.3 is 0 Å². The molecule has 10 nitrogen and oxygen atoms in total. The molecular formula is C30H28Cl2N8O2. The summed E-state index contributed by atoms with van der Waals surface area (Å²) in [5, 5.41) is 7.55. The van der Waals surface area contributed by atoms with E-state index in [4.69, 9.17) is 42.6 Å². The van der Waals surface area contributed by atoms with Crippen molar-refractivity contribution in [1.29, 1.82) is 0 Å². The van der Waals surface area contributed by atoms with E-state index in [1.165, 1.54) is 0 Å². The molecule has 2 aliphatic heterocycles. The highest BCUT2D eigenvalue weighted by Crippen LogP contribution is 2.42. The number of methoxy groups -OCH3 is 2. The van der Waals surface area contributed by atoms with Crippen LogP contribution in [0.4, 0.5) is 0 Å². The average Bonchev–Trinajstić information content (AvgIpc) is 3.64. The summed E-state index contributed by atoms with van der Waals surface area (Å²) >= 11 is 14.0. The molecule has 12 heteroatoms. The van der Waals surface area contributed by atoms with Gasteiger partial charge in [0.15, 0.2) is 23.1 Å². The molecule has 0 unspecified atom stereocenters. The molecule has 0 amide bonds. The van der Waals surface area contributed by atoms with E-state index in [0.29, 0.717) is 80.5 Å². The van der Waals surface area contributed by atoms with E-state index in [1.807, 2.05) is 36.4 Å². The van der Waals surface area contributed by atoms with Crippen molar-refractivity contribution in [2.45, 2.75) is 25.9 Å². The van der Waals surface area contributed by atoms with E-state index in [9.17, 15) is 0 Å². The van der Waals surface area contributed by atoms with E-state index in [2.05, 4.69) is 44.4 Å². The van der Waals surface area contributed by atoms with E-state index in [1.54, 1.807) is 26.6 Å². The molecule has 2 aliphatic rings. The molecule has 2 N–H and O–H groups in total. The van der Waals surface area contributed by atoms with Crippen LogP contribution in [-0.2, 0) is 0 Å². The highest BCUT2D eigenvalue weighted by Gasteiger charge is 2.24. The zero-order valence-electron chi connectivity index (χ0n) is 23.4. The molecule has 2 aromatic heterocycles. The Bertz CT molecular complexity index is 1620. The number of nitrogens with zero attached hydrogens (tertiary/aromatic N) is 6. The van der Waals surface area contributed by atoms with Crippen LogP contribution in [0.1, 0.15) is 25.2 Å². The topological polar surface area (TPSA) is 119 Å². The predicted molar refractivity (Wildman–Crippen MR) is 165 cm³/mol. The second-order valence-corrected chi connectivity index (χ2v) is 10.8. The molecule has 2 aromatic carbocycles. The van der Waals surface area contributed by atoms with Crippen molar-refractivity contribution < 1.29 is 9.47 Å². The zero-order valence-corrected chi connectivity index (χ0v) is 25.0. The Morgan fingerprint density at radius 3 is 1.43 bits per heavy atom. The van der Waals surface area contributed by atoms with Gasteiger partial charge < -0.3 is 20.1 Å². The van der Waals surface area contributed by atoms with Crippen LogP contribution in [0.2, 0.25) is 10.0 Å². The van der Waals surface area contributed by atoms with Crippen molar-refractivity contribution in [3.8, 4) is 45.4 Å². The standard InChI is InChI=1S/C30H28Cl2N8O2/c1-15-11-35-27(37-15)25-29(41-3)39-21(13-33-25)19-9-5-7-17(23(19)31)18-8-6-10-20(24(18)32)22-14-34-26(30(40-22)42-4)28-36-12-16(2)38-28/h5-10,13-16H,11-12H2,1-4H3,(H,35,37)(H,36,38)/t15-,16-/m0/s1. The zero-order chi connectivity index (χ0) is 29.4. The van der Waals surface area contributed by atoms with Gasteiger partial charge in [-0.25, -0.2) is 19.9 Å². The van der Waals surface area contributed by atoms with Crippen LogP contribution in [0.15, 0.2) is 58.8 Å². The lowest BCUT2D eigenvalue weighted by molar-refractivity contribution is 0.395. The molecule has 0 aliphatic carbocycles. The Hall–Kier alpha value is -4.28. The minimum atomic E-state index is 0.227. The number of amidine groups is 2. The first kappa shape index (κ1) is 27.9. The van der Waals surface area contributed by atoms with Gasteiger partial charge in [0.2, 0.25) is 11.8 Å². The van der Waals surface area contributed by atoms with Crippen LogP contribution in [0.5, 0.6) is 11.8 Å². The molecule has 2 atom stereocenters. The summed E-state index contributed by atoms with van der Waals surface area (Å²) in [5.74, 6) is 2.05. The first-order valence-corrected chi connectivity index (χ1v) is 14.2. The minimum absolute atomic E-state index is 0.227. The predicted octanol–water partition coefficient (Wildman–Crippen LogP) is 5.07. The molecular weight excluding hydrogens is 575 g/mol. The van der Waals surface area contributed by atoms with Gasteiger partial charge in [0.25, 0.3) is 0 Å². The highest BCUT2D eigenvalue weighted by atomic mass is 35.5. The molecule has 0 saturated carbocycles. The Balaban J connectivity index is 1.37. The SMILES string of the molecule is COc1nc(-c2cccc(-c3cccc(-c4cnc(C5=NC[C@H](C)N5)c(OC)n4)c3Cl)c2Cl)cnc1C1=NC[C@H](C)N1. The van der Waals surface area contributed by atoms with Crippen LogP contribution >= 0.6 is 23.2 Å². The molecule has 42 heavy (non-hydrogen) atoms. The fourth-order valence-electron chi connectivity index (χ4n) is 4.88. The van der Waals surface area contributed by atoms with E-state index >= 15 is 0 Å². The quantitative estimate of drug-likeness (QED) is 0.301. The van der Waals surface area contributed by atoms with Gasteiger partial charge in [-0.05, 0) is 13.8 Å². The van der Waals surface area contributed by atoms with Crippen LogP contribution in [0.3, 0.4) is 0 Å². The Labute approximate surface area is 253 Å². The molecule has 0 fully saturated rings. The van der Waals surface area contributed by atoms with E-state index < -0.39 is 0 Å². The van der Waals surface area contributed by atoms with Crippen molar-refractivity contribution in [3.05, 3.63) is 70.2 Å². The lowest BCUT2D eigenvalue weighted by Crippen LogP contribution is -2.28. The number of ether oxygens (including phenoxy) is 2. The van der Waals surface area contributed by atoms with Crippen molar-refractivity contribution in [2.75, 3.05) is 27.3 Å². The van der Waals surface area contributed by atoms with Gasteiger partial charge in [-0.2, -0.15) is 0 Å². The van der Waals surface area contributed by atoms with Gasteiger partial charge in [-0.3, -0.25) is 9.98 Å². The number of aromatic nitrogens is 4. The Kier molecular flexibility index (Phi) is 7.66. The first-order chi connectivity index (χ1) is 20.4. The molecule has 0 radical (unpaired) electrons. The molecule has 4 aromatic rings. The largest absolute Gasteiger partial charge is 0.479 e. The fraction of sp³-hybridized carbons (Fsp3) is 0.267. The number of nitrogens with one attached hydrogen (secondary N) is 2. The maximum Gasteiger partial charge on any atom is 0.244 e. The molecule has 0 spiro atoms. The third kappa shape index (κ3) is 5.12. The van der Waals surface area contributed by atoms with Crippen molar-refractivity contribution in [2.24, 2.45) is 9.98 Å². The number of benzene rings is 2. The summed E-state index contributed by atoms with van der Waals surface area (Å²) in [6.45, 7) is 5.45. The van der Waals surface area contributed by atoms with Crippen LogP contribution in [-0.4, -0.2) is 71.0 Å². The maximum atomic E-state index is 7.01. The monoisotopic (exact) mass is 602 g/mol. The third-order valence-electron chi connectivity index (χ3n) is 6.97. The second-order valence-electron chi connectivity index (χ2n) is 10.0. The number of rotatable bonds is 7. The fourth-order valence-corrected chi connectivity index (χ4v) is 5.53. The van der Waals surface area contributed by atoms with Crippen molar-refractivity contribution in [3.63, 3.8) is 0 Å². The average molecular weight is 604 g/mol. The summed E-state index contributed by atoms with van der Waals surface area (Å²) in [4.78, 5) is 27.6.